The van der Waals surface area contributed by atoms with E-state index in [1.807, 2.05) is 24.4 Å². The number of hydrogen-bond acceptors (Lipinski definition) is 5. The van der Waals surface area contributed by atoms with Gasteiger partial charge in [0.05, 0.1) is 12.4 Å². The van der Waals surface area contributed by atoms with Crippen LogP contribution in [0.2, 0.25) is 0 Å². The van der Waals surface area contributed by atoms with Crippen LogP contribution in [0.1, 0.15) is 24.2 Å². The molecule has 0 bridgehead atoms. The van der Waals surface area contributed by atoms with Gasteiger partial charge in [0.25, 0.3) is 0 Å². The first-order valence-electron chi connectivity index (χ1n) is 7.25. The van der Waals surface area contributed by atoms with Crippen molar-refractivity contribution in [3.05, 3.63) is 72.4 Å². The SMILES string of the molecule is CC(Nc1cnc(C#N)cn1)c1ccc(-c2cccnc2)cc1. The zero-order chi connectivity index (χ0) is 16.1. The number of rotatable bonds is 4. The molecule has 0 saturated carbocycles. The average molecular weight is 301 g/mol. The number of anilines is 1. The zero-order valence-electron chi connectivity index (χ0n) is 12.6. The Labute approximate surface area is 134 Å². The third-order valence-corrected chi connectivity index (χ3v) is 3.54. The Morgan fingerprint density at radius 2 is 1.83 bits per heavy atom. The van der Waals surface area contributed by atoms with E-state index in [0.29, 0.717) is 11.5 Å². The lowest BCUT2D eigenvalue weighted by Gasteiger charge is -2.15. The maximum absolute atomic E-state index is 8.73. The summed E-state index contributed by atoms with van der Waals surface area (Å²) in [6.07, 6.45) is 6.64. The van der Waals surface area contributed by atoms with Crippen molar-refractivity contribution < 1.29 is 0 Å². The van der Waals surface area contributed by atoms with Crippen molar-refractivity contribution in [3.8, 4) is 17.2 Å². The minimum Gasteiger partial charge on any atom is -0.362 e. The van der Waals surface area contributed by atoms with E-state index in [-0.39, 0.29) is 6.04 Å². The van der Waals surface area contributed by atoms with E-state index in [1.54, 1.807) is 12.4 Å². The smallest absolute Gasteiger partial charge is 0.158 e. The predicted octanol–water partition coefficient (Wildman–Crippen LogP) is 3.58. The number of aromatic nitrogens is 3. The highest BCUT2D eigenvalue weighted by Gasteiger charge is 2.07. The topological polar surface area (TPSA) is 74.5 Å². The molecule has 112 valence electrons. The quantitative estimate of drug-likeness (QED) is 0.797. The van der Waals surface area contributed by atoms with Crippen LogP contribution in [-0.2, 0) is 0 Å². The standard InChI is InChI=1S/C18H15N5/c1-13(23-18-12-21-17(9-19)11-22-18)14-4-6-15(7-5-14)16-3-2-8-20-10-16/h2-8,10-13H,1H3,(H,22,23). The molecule has 0 aliphatic rings. The van der Waals surface area contributed by atoms with Crippen molar-refractivity contribution in [1.82, 2.24) is 15.0 Å². The van der Waals surface area contributed by atoms with Gasteiger partial charge in [0, 0.05) is 18.4 Å². The highest BCUT2D eigenvalue weighted by molar-refractivity contribution is 5.62. The van der Waals surface area contributed by atoms with E-state index in [1.165, 1.54) is 6.20 Å². The molecule has 3 rings (SSSR count). The van der Waals surface area contributed by atoms with E-state index in [4.69, 9.17) is 5.26 Å². The summed E-state index contributed by atoms with van der Waals surface area (Å²) in [5, 5.41) is 12.0. The normalized spacial score (nSPS) is 11.5. The third kappa shape index (κ3) is 3.50. The number of nitrogens with one attached hydrogen (secondary N) is 1. The second kappa shape index (κ2) is 6.67. The van der Waals surface area contributed by atoms with Gasteiger partial charge in [0.1, 0.15) is 11.9 Å². The Kier molecular flexibility index (Phi) is 4.25. The summed E-state index contributed by atoms with van der Waals surface area (Å²) in [7, 11) is 0. The van der Waals surface area contributed by atoms with Gasteiger partial charge in [0.2, 0.25) is 0 Å². The maximum Gasteiger partial charge on any atom is 0.158 e. The van der Waals surface area contributed by atoms with Gasteiger partial charge in [-0.1, -0.05) is 30.3 Å². The predicted molar refractivity (Wildman–Crippen MR) is 88.5 cm³/mol. The average Bonchev–Trinajstić information content (AvgIpc) is 2.63. The fraction of sp³-hybridized carbons (Fsp3) is 0.111. The van der Waals surface area contributed by atoms with Crippen LogP contribution in [-0.4, -0.2) is 15.0 Å². The summed E-state index contributed by atoms with van der Waals surface area (Å²) in [6, 6.07) is 14.3. The number of benzene rings is 1. The second-order valence-electron chi connectivity index (χ2n) is 5.13. The molecule has 0 aliphatic heterocycles. The van der Waals surface area contributed by atoms with Crippen molar-refractivity contribution in [2.45, 2.75) is 13.0 Å². The van der Waals surface area contributed by atoms with Gasteiger partial charge < -0.3 is 5.32 Å². The third-order valence-electron chi connectivity index (χ3n) is 3.54. The Morgan fingerprint density at radius 1 is 1.00 bits per heavy atom. The number of hydrogen-bond donors (Lipinski definition) is 1. The lowest BCUT2D eigenvalue weighted by molar-refractivity contribution is 0.871. The molecular weight excluding hydrogens is 286 g/mol. The van der Waals surface area contributed by atoms with Gasteiger partial charge in [-0.05, 0) is 29.7 Å². The highest BCUT2D eigenvalue weighted by Crippen LogP contribution is 2.22. The minimum atomic E-state index is 0.0835. The van der Waals surface area contributed by atoms with Crippen molar-refractivity contribution in [2.24, 2.45) is 0 Å². The van der Waals surface area contributed by atoms with Gasteiger partial charge >= 0.3 is 0 Å². The summed E-state index contributed by atoms with van der Waals surface area (Å²) >= 11 is 0. The highest BCUT2D eigenvalue weighted by atomic mass is 15.0. The molecule has 0 aliphatic carbocycles. The molecule has 5 heteroatoms. The summed E-state index contributed by atoms with van der Waals surface area (Å²) < 4.78 is 0. The molecular formula is C18H15N5. The Morgan fingerprint density at radius 3 is 2.43 bits per heavy atom. The summed E-state index contributed by atoms with van der Waals surface area (Å²) in [6.45, 7) is 2.05. The molecule has 0 fully saturated rings. The van der Waals surface area contributed by atoms with Crippen molar-refractivity contribution in [1.29, 1.82) is 5.26 Å². The van der Waals surface area contributed by atoms with Crippen LogP contribution in [0.5, 0.6) is 0 Å². The van der Waals surface area contributed by atoms with Crippen LogP contribution in [0, 0.1) is 11.3 Å². The molecule has 3 aromatic rings. The summed E-state index contributed by atoms with van der Waals surface area (Å²) in [4.78, 5) is 12.3. The summed E-state index contributed by atoms with van der Waals surface area (Å²) in [5.41, 5.74) is 3.68. The maximum atomic E-state index is 8.73. The second-order valence-corrected chi connectivity index (χ2v) is 5.13. The Bertz CT molecular complexity index is 805. The summed E-state index contributed by atoms with van der Waals surface area (Å²) in [5.74, 6) is 0.646. The largest absolute Gasteiger partial charge is 0.362 e. The van der Waals surface area contributed by atoms with E-state index >= 15 is 0 Å². The molecule has 1 atom stereocenters. The van der Waals surface area contributed by atoms with Gasteiger partial charge in [-0.25, -0.2) is 9.97 Å². The number of nitrogens with zero attached hydrogens (tertiary/aromatic N) is 4. The molecule has 0 radical (unpaired) electrons. The lowest BCUT2D eigenvalue weighted by Crippen LogP contribution is -2.08. The molecule has 23 heavy (non-hydrogen) atoms. The van der Waals surface area contributed by atoms with Crippen molar-refractivity contribution in [3.63, 3.8) is 0 Å². The fourth-order valence-corrected chi connectivity index (χ4v) is 2.26. The van der Waals surface area contributed by atoms with Gasteiger partial charge in [-0.15, -0.1) is 0 Å². The van der Waals surface area contributed by atoms with E-state index < -0.39 is 0 Å². The molecule has 0 amide bonds. The number of nitriles is 1. The zero-order valence-corrected chi connectivity index (χ0v) is 12.6. The van der Waals surface area contributed by atoms with Gasteiger partial charge in [-0.2, -0.15) is 5.26 Å². The van der Waals surface area contributed by atoms with E-state index in [2.05, 4.69) is 51.5 Å². The molecule has 1 aromatic carbocycles. The lowest BCUT2D eigenvalue weighted by atomic mass is 10.0. The molecule has 5 nitrogen and oxygen atoms in total. The Balaban J connectivity index is 1.72. The van der Waals surface area contributed by atoms with Crippen molar-refractivity contribution in [2.75, 3.05) is 5.32 Å². The monoisotopic (exact) mass is 301 g/mol. The first kappa shape index (κ1) is 14.7. The van der Waals surface area contributed by atoms with Crippen LogP contribution in [0.25, 0.3) is 11.1 Å². The van der Waals surface area contributed by atoms with Gasteiger partial charge in [0.15, 0.2) is 5.69 Å². The minimum absolute atomic E-state index is 0.0835. The number of pyridine rings is 1. The van der Waals surface area contributed by atoms with Crippen molar-refractivity contribution >= 4 is 5.82 Å². The molecule has 0 spiro atoms. The first-order chi connectivity index (χ1) is 11.3. The van der Waals surface area contributed by atoms with E-state index in [9.17, 15) is 0 Å². The van der Waals surface area contributed by atoms with Crippen LogP contribution >= 0.6 is 0 Å². The fourth-order valence-electron chi connectivity index (χ4n) is 2.26. The molecule has 0 saturated heterocycles. The van der Waals surface area contributed by atoms with Crippen LogP contribution in [0.4, 0.5) is 5.82 Å². The molecule has 1 N–H and O–H groups in total. The first-order valence-corrected chi connectivity index (χ1v) is 7.25. The van der Waals surface area contributed by atoms with Crippen LogP contribution < -0.4 is 5.32 Å². The Hall–Kier alpha value is -3.26. The van der Waals surface area contributed by atoms with Crippen LogP contribution in [0.15, 0.2) is 61.2 Å². The molecule has 2 aromatic heterocycles. The van der Waals surface area contributed by atoms with Crippen LogP contribution in [0.3, 0.4) is 0 Å². The van der Waals surface area contributed by atoms with E-state index in [0.717, 1.165) is 16.7 Å². The molecule has 1 unspecified atom stereocenters. The van der Waals surface area contributed by atoms with Gasteiger partial charge in [-0.3, -0.25) is 4.98 Å². The molecule has 2 heterocycles.